The van der Waals surface area contributed by atoms with Gasteiger partial charge in [0.05, 0.1) is 6.42 Å². The molecule has 2 nitrogen and oxygen atoms in total. The van der Waals surface area contributed by atoms with Crippen molar-refractivity contribution in [2.24, 2.45) is 5.41 Å². The standard InChI is InChI=1S/C16H22O2/c1-11(2)12-6-8-13(9-7-12)14(17)10-15(18)16(3,4)5/h6-9,11H,10H2,1-5H3. The molecule has 0 unspecified atom stereocenters. The van der Waals surface area contributed by atoms with E-state index in [1.165, 1.54) is 5.56 Å². The van der Waals surface area contributed by atoms with E-state index in [1.54, 1.807) is 0 Å². The van der Waals surface area contributed by atoms with Crippen molar-refractivity contribution >= 4 is 11.6 Å². The summed E-state index contributed by atoms with van der Waals surface area (Å²) in [5, 5.41) is 0. The highest BCUT2D eigenvalue weighted by Gasteiger charge is 2.24. The van der Waals surface area contributed by atoms with Crippen molar-refractivity contribution in [1.82, 2.24) is 0 Å². The van der Waals surface area contributed by atoms with Gasteiger partial charge in [-0.05, 0) is 11.5 Å². The van der Waals surface area contributed by atoms with E-state index in [-0.39, 0.29) is 18.0 Å². The Bertz CT molecular complexity index is 433. The topological polar surface area (TPSA) is 34.1 Å². The van der Waals surface area contributed by atoms with E-state index in [4.69, 9.17) is 0 Å². The van der Waals surface area contributed by atoms with E-state index in [2.05, 4.69) is 13.8 Å². The van der Waals surface area contributed by atoms with Gasteiger partial charge in [0.25, 0.3) is 0 Å². The Labute approximate surface area is 109 Å². The number of ketones is 2. The highest BCUT2D eigenvalue weighted by atomic mass is 16.1. The molecule has 1 aromatic carbocycles. The van der Waals surface area contributed by atoms with Crippen molar-refractivity contribution in [3.63, 3.8) is 0 Å². The Hall–Kier alpha value is -1.44. The number of carbonyl (C=O) groups excluding carboxylic acids is 2. The van der Waals surface area contributed by atoms with Crippen LogP contribution in [0.1, 0.15) is 62.9 Å². The first-order valence-corrected chi connectivity index (χ1v) is 6.38. The van der Waals surface area contributed by atoms with E-state index >= 15 is 0 Å². The molecule has 98 valence electrons. The Kier molecular flexibility index (Phi) is 4.44. The summed E-state index contributed by atoms with van der Waals surface area (Å²) in [5.74, 6) is 0.344. The van der Waals surface area contributed by atoms with E-state index in [1.807, 2.05) is 45.0 Å². The van der Waals surface area contributed by atoms with E-state index in [9.17, 15) is 9.59 Å². The third kappa shape index (κ3) is 3.80. The molecule has 0 atom stereocenters. The zero-order chi connectivity index (χ0) is 13.9. The fourth-order valence-electron chi connectivity index (χ4n) is 1.57. The summed E-state index contributed by atoms with van der Waals surface area (Å²) >= 11 is 0. The molecule has 1 aromatic rings. The summed E-state index contributed by atoms with van der Waals surface area (Å²) in [6.07, 6.45) is -0.00940. The molecule has 0 fully saturated rings. The van der Waals surface area contributed by atoms with Crippen LogP contribution in [0.25, 0.3) is 0 Å². The molecule has 0 saturated carbocycles. The second kappa shape index (κ2) is 5.47. The maximum absolute atomic E-state index is 12.0. The van der Waals surface area contributed by atoms with Gasteiger partial charge in [-0.25, -0.2) is 0 Å². The first kappa shape index (κ1) is 14.6. The number of carbonyl (C=O) groups is 2. The Morgan fingerprint density at radius 3 is 1.94 bits per heavy atom. The van der Waals surface area contributed by atoms with Crippen LogP contribution in [0, 0.1) is 5.41 Å². The Morgan fingerprint density at radius 1 is 1.06 bits per heavy atom. The number of hydrogen-bond donors (Lipinski definition) is 0. The van der Waals surface area contributed by atoms with Crippen LogP contribution in [0.3, 0.4) is 0 Å². The molecule has 2 heteroatoms. The van der Waals surface area contributed by atoms with Gasteiger partial charge < -0.3 is 0 Å². The van der Waals surface area contributed by atoms with Crippen molar-refractivity contribution < 1.29 is 9.59 Å². The van der Waals surface area contributed by atoms with Crippen molar-refractivity contribution in [1.29, 1.82) is 0 Å². The first-order valence-electron chi connectivity index (χ1n) is 6.38. The molecule has 0 aromatic heterocycles. The lowest BCUT2D eigenvalue weighted by Crippen LogP contribution is -2.23. The van der Waals surface area contributed by atoms with Crippen molar-refractivity contribution in [3.05, 3.63) is 35.4 Å². The van der Waals surface area contributed by atoms with Crippen molar-refractivity contribution in [3.8, 4) is 0 Å². The Morgan fingerprint density at radius 2 is 1.56 bits per heavy atom. The molecule has 0 aliphatic heterocycles. The summed E-state index contributed by atoms with van der Waals surface area (Å²) in [6, 6.07) is 7.54. The maximum Gasteiger partial charge on any atom is 0.170 e. The fourth-order valence-corrected chi connectivity index (χ4v) is 1.57. The zero-order valence-electron chi connectivity index (χ0n) is 11.9. The second-order valence-corrected chi connectivity index (χ2v) is 6.05. The van der Waals surface area contributed by atoms with E-state index in [0.717, 1.165) is 0 Å². The quantitative estimate of drug-likeness (QED) is 0.594. The molecular formula is C16H22O2. The van der Waals surface area contributed by atoms with Gasteiger partial charge in [-0.1, -0.05) is 58.9 Å². The molecule has 0 saturated heterocycles. The van der Waals surface area contributed by atoms with Gasteiger partial charge in [0.2, 0.25) is 0 Å². The summed E-state index contributed by atoms with van der Waals surface area (Å²) < 4.78 is 0. The van der Waals surface area contributed by atoms with Crippen molar-refractivity contribution in [2.45, 2.75) is 47.0 Å². The largest absolute Gasteiger partial charge is 0.299 e. The molecule has 1 rings (SSSR count). The van der Waals surface area contributed by atoms with Crippen LogP contribution in [0.15, 0.2) is 24.3 Å². The van der Waals surface area contributed by atoms with Gasteiger partial charge >= 0.3 is 0 Å². The van der Waals surface area contributed by atoms with Gasteiger partial charge in [-0.2, -0.15) is 0 Å². The van der Waals surface area contributed by atoms with Crippen LogP contribution in [0.4, 0.5) is 0 Å². The molecule has 0 bridgehead atoms. The van der Waals surface area contributed by atoms with Gasteiger partial charge in [0, 0.05) is 11.0 Å². The van der Waals surface area contributed by atoms with Gasteiger partial charge in [0.15, 0.2) is 5.78 Å². The van der Waals surface area contributed by atoms with Crippen LogP contribution in [0.2, 0.25) is 0 Å². The minimum atomic E-state index is -0.451. The first-order chi connectivity index (χ1) is 8.21. The number of benzene rings is 1. The summed E-state index contributed by atoms with van der Waals surface area (Å²) in [7, 11) is 0. The predicted octanol–water partition coefficient (Wildman–Crippen LogP) is 4.00. The van der Waals surface area contributed by atoms with Gasteiger partial charge in [0.1, 0.15) is 5.78 Å². The van der Waals surface area contributed by atoms with Gasteiger partial charge in [-0.3, -0.25) is 9.59 Å². The highest BCUT2D eigenvalue weighted by molar-refractivity contribution is 6.09. The summed E-state index contributed by atoms with van der Waals surface area (Å²) in [6.45, 7) is 9.74. The van der Waals surface area contributed by atoms with Crippen LogP contribution in [-0.4, -0.2) is 11.6 Å². The molecular weight excluding hydrogens is 224 g/mol. The lowest BCUT2D eigenvalue weighted by molar-refractivity contribution is -0.125. The monoisotopic (exact) mass is 246 g/mol. The van der Waals surface area contributed by atoms with Crippen molar-refractivity contribution in [2.75, 3.05) is 0 Å². The van der Waals surface area contributed by atoms with E-state index < -0.39 is 5.41 Å². The zero-order valence-corrected chi connectivity index (χ0v) is 11.9. The molecule has 0 aliphatic rings. The maximum atomic E-state index is 12.0. The average Bonchev–Trinajstić information content (AvgIpc) is 2.27. The smallest absolute Gasteiger partial charge is 0.170 e. The van der Waals surface area contributed by atoms with Gasteiger partial charge in [-0.15, -0.1) is 0 Å². The molecule has 0 radical (unpaired) electrons. The van der Waals surface area contributed by atoms with Crippen LogP contribution in [0.5, 0.6) is 0 Å². The predicted molar refractivity (Wildman–Crippen MR) is 73.9 cm³/mol. The summed E-state index contributed by atoms with van der Waals surface area (Å²) in [5.41, 5.74) is 1.37. The molecule has 0 amide bonds. The average molecular weight is 246 g/mol. The third-order valence-electron chi connectivity index (χ3n) is 3.06. The lowest BCUT2D eigenvalue weighted by Gasteiger charge is -2.15. The SMILES string of the molecule is CC(C)c1ccc(C(=O)CC(=O)C(C)(C)C)cc1. The molecule has 0 N–H and O–H groups in total. The number of Topliss-reactive ketones (excluding diaryl/α,β-unsaturated/α-hetero) is 2. The highest BCUT2D eigenvalue weighted by Crippen LogP contribution is 2.19. The molecule has 18 heavy (non-hydrogen) atoms. The normalized spacial score (nSPS) is 11.7. The number of rotatable bonds is 4. The Balaban J connectivity index is 2.77. The number of hydrogen-bond acceptors (Lipinski definition) is 2. The second-order valence-electron chi connectivity index (χ2n) is 6.05. The minimum Gasteiger partial charge on any atom is -0.299 e. The van der Waals surface area contributed by atoms with Crippen LogP contribution < -0.4 is 0 Å². The van der Waals surface area contributed by atoms with E-state index in [0.29, 0.717) is 11.5 Å². The minimum absolute atomic E-state index is 0.00940. The molecule has 0 aliphatic carbocycles. The fraction of sp³-hybridized carbons (Fsp3) is 0.500. The molecule has 0 heterocycles. The lowest BCUT2D eigenvalue weighted by atomic mass is 9.87. The van der Waals surface area contributed by atoms with Crippen LogP contribution >= 0.6 is 0 Å². The molecule has 0 spiro atoms. The summed E-state index contributed by atoms with van der Waals surface area (Å²) in [4.78, 5) is 23.8. The van der Waals surface area contributed by atoms with Crippen LogP contribution in [-0.2, 0) is 4.79 Å². The third-order valence-corrected chi connectivity index (χ3v) is 3.06.